The van der Waals surface area contributed by atoms with Crippen molar-refractivity contribution in [2.24, 2.45) is 0 Å². The first-order chi connectivity index (χ1) is 15.8. The number of aromatic amines is 1. The summed E-state index contributed by atoms with van der Waals surface area (Å²) >= 11 is 0. The number of nitrogens with one attached hydrogen (secondary N) is 2. The van der Waals surface area contributed by atoms with Crippen molar-refractivity contribution in [2.45, 2.75) is 6.18 Å². The highest BCUT2D eigenvalue weighted by Gasteiger charge is 2.31. The van der Waals surface area contributed by atoms with E-state index in [4.69, 9.17) is 4.42 Å². The molecule has 2 N–H and O–H groups in total. The van der Waals surface area contributed by atoms with Gasteiger partial charge in [0.15, 0.2) is 0 Å². The van der Waals surface area contributed by atoms with Gasteiger partial charge in [0, 0.05) is 46.2 Å². The quantitative estimate of drug-likeness (QED) is 0.322. The Kier molecular flexibility index (Phi) is 4.74. The number of H-pyrrole nitrogens is 1. The third kappa shape index (κ3) is 3.73. The van der Waals surface area contributed by atoms with Gasteiger partial charge in [-0.15, -0.1) is 0 Å². The minimum Gasteiger partial charge on any atom is -0.446 e. The molecule has 5 aromatic rings. The number of amides is 1. The fourth-order valence-corrected chi connectivity index (χ4v) is 3.72. The summed E-state index contributed by atoms with van der Waals surface area (Å²) in [7, 11) is 0. The van der Waals surface area contributed by atoms with Gasteiger partial charge in [-0.05, 0) is 53.6 Å². The Hall–Kier alpha value is -4.40. The molecule has 9 heteroatoms. The van der Waals surface area contributed by atoms with Gasteiger partial charge in [-0.1, -0.05) is 6.58 Å². The average molecular weight is 448 g/mol. The fraction of sp³-hybridized carbons (Fsp3) is 0.0417. The van der Waals surface area contributed by atoms with Crippen LogP contribution in [0.2, 0.25) is 0 Å². The molecule has 164 valence electrons. The lowest BCUT2D eigenvalue weighted by molar-refractivity contribution is -0.137. The number of pyridine rings is 2. The maximum Gasteiger partial charge on any atom is 0.416 e. The van der Waals surface area contributed by atoms with Crippen LogP contribution in [0.4, 0.5) is 18.9 Å². The van der Waals surface area contributed by atoms with Crippen molar-refractivity contribution in [2.75, 3.05) is 5.32 Å². The normalized spacial score (nSPS) is 11.7. The third-order valence-electron chi connectivity index (χ3n) is 5.24. The number of aromatic nitrogens is 3. The summed E-state index contributed by atoms with van der Waals surface area (Å²) in [6.07, 6.45) is 2.83. The molecule has 0 radical (unpaired) electrons. The van der Waals surface area contributed by atoms with Gasteiger partial charge in [-0.25, -0.2) is 9.97 Å². The summed E-state index contributed by atoms with van der Waals surface area (Å²) in [5.74, 6) is -0.608. The number of anilines is 1. The van der Waals surface area contributed by atoms with Gasteiger partial charge in [-0.2, -0.15) is 13.2 Å². The largest absolute Gasteiger partial charge is 0.446 e. The number of alkyl halides is 3. The third-order valence-corrected chi connectivity index (χ3v) is 5.24. The molecule has 5 rings (SSSR count). The molecule has 0 saturated carbocycles. The Morgan fingerprint density at radius 2 is 1.91 bits per heavy atom. The molecule has 33 heavy (non-hydrogen) atoms. The smallest absolute Gasteiger partial charge is 0.416 e. The molecule has 0 spiro atoms. The Labute approximate surface area is 184 Å². The van der Waals surface area contributed by atoms with Gasteiger partial charge in [-0.3, -0.25) is 4.79 Å². The zero-order chi connectivity index (χ0) is 23.2. The predicted octanol–water partition coefficient (Wildman–Crippen LogP) is 6.18. The Morgan fingerprint density at radius 3 is 2.70 bits per heavy atom. The van der Waals surface area contributed by atoms with E-state index in [1.54, 1.807) is 30.8 Å². The molecule has 0 aliphatic carbocycles. The lowest BCUT2D eigenvalue weighted by Crippen LogP contribution is -2.10. The molecule has 0 fully saturated rings. The summed E-state index contributed by atoms with van der Waals surface area (Å²) in [5.41, 5.74) is 2.55. The molecule has 1 amide bonds. The van der Waals surface area contributed by atoms with Gasteiger partial charge in [0.05, 0.1) is 11.8 Å². The maximum atomic E-state index is 13.5. The Balaban J connectivity index is 1.67. The molecule has 0 saturated heterocycles. The molecular weight excluding hydrogens is 433 g/mol. The second kappa shape index (κ2) is 7.63. The van der Waals surface area contributed by atoms with E-state index >= 15 is 0 Å². The van der Waals surface area contributed by atoms with Crippen LogP contribution in [-0.2, 0) is 11.0 Å². The molecule has 6 nitrogen and oxygen atoms in total. The van der Waals surface area contributed by atoms with Crippen molar-refractivity contribution in [1.29, 1.82) is 0 Å². The number of rotatable bonds is 4. The second-order valence-corrected chi connectivity index (χ2v) is 7.31. The minimum atomic E-state index is -4.59. The first kappa shape index (κ1) is 20.5. The molecule has 0 aliphatic rings. The first-order valence-corrected chi connectivity index (χ1v) is 9.79. The van der Waals surface area contributed by atoms with E-state index in [-0.39, 0.29) is 11.3 Å². The zero-order valence-electron chi connectivity index (χ0n) is 16.9. The highest BCUT2D eigenvalue weighted by atomic mass is 19.4. The first-order valence-electron chi connectivity index (χ1n) is 9.79. The SMILES string of the molecule is C=CC(=O)Nc1cc(-c2cnc3[nH]cc(-c4ccnc5occc45)c3c2)cc(C(F)(F)F)c1. The van der Waals surface area contributed by atoms with Crippen LogP contribution in [0.5, 0.6) is 0 Å². The van der Waals surface area contributed by atoms with E-state index in [1.165, 1.54) is 12.3 Å². The lowest BCUT2D eigenvalue weighted by Gasteiger charge is -2.13. The van der Waals surface area contributed by atoms with Crippen LogP contribution in [0.15, 0.2) is 78.3 Å². The van der Waals surface area contributed by atoms with Crippen LogP contribution < -0.4 is 5.32 Å². The zero-order valence-corrected chi connectivity index (χ0v) is 16.9. The van der Waals surface area contributed by atoms with Crippen molar-refractivity contribution >= 4 is 33.7 Å². The van der Waals surface area contributed by atoms with E-state index in [9.17, 15) is 18.0 Å². The van der Waals surface area contributed by atoms with Gasteiger partial charge in [0.25, 0.3) is 0 Å². The molecule has 0 bridgehead atoms. The molecule has 1 aromatic carbocycles. The van der Waals surface area contributed by atoms with Crippen LogP contribution in [0.1, 0.15) is 5.56 Å². The Morgan fingerprint density at radius 1 is 1.06 bits per heavy atom. The molecule has 0 unspecified atom stereocenters. The Bertz CT molecular complexity index is 1530. The molecule has 0 atom stereocenters. The van der Waals surface area contributed by atoms with E-state index in [1.807, 2.05) is 6.07 Å². The van der Waals surface area contributed by atoms with E-state index in [0.29, 0.717) is 16.9 Å². The summed E-state index contributed by atoms with van der Waals surface area (Å²) in [4.78, 5) is 23.3. The summed E-state index contributed by atoms with van der Waals surface area (Å²) in [6, 6.07) is 8.77. The number of carbonyl (C=O) groups excluding carboxylic acids is 1. The molecule has 0 aliphatic heterocycles. The van der Waals surface area contributed by atoms with Crippen LogP contribution in [-0.4, -0.2) is 20.9 Å². The van der Waals surface area contributed by atoms with Crippen molar-refractivity contribution < 1.29 is 22.4 Å². The number of hydrogen-bond donors (Lipinski definition) is 2. The number of halogens is 3. The van der Waals surface area contributed by atoms with Crippen LogP contribution in [0.25, 0.3) is 44.4 Å². The summed E-state index contributed by atoms with van der Waals surface area (Å²) in [5, 5.41) is 3.92. The molecule has 4 aromatic heterocycles. The molecule has 4 heterocycles. The van der Waals surface area contributed by atoms with Crippen molar-refractivity contribution in [3.63, 3.8) is 0 Å². The lowest BCUT2D eigenvalue weighted by atomic mass is 9.99. The number of benzene rings is 1. The van der Waals surface area contributed by atoms with Crippen molar-refractivity contribution in [3.05, 3.63) is 79.5 Å². The predicted molar refractivity (Wildman–Crippen MR) is 118 cm³/mol. The topological polar surface area (TPSA) is 83.8 Å². The van der Waals surface area contributed by atoms with Crippen molar-refractivity contribution in [1.82, 2.24) is 15.0 Å². The molecular formula is C24H15F3N4O2. The fourth-order valence-electron chi connectivity index (χ4n) is 3.72. The highest BCUT2D eigenvalue weighted by molar-refractivity contribution is 6.03. The number of nitrogens with zero attached hydrogens (tertiary/aromatic N) is 2. The van der Waals surface area contributed by atoms with Crippen LogP contribution >= 0.6 is 0 Å². The second-order valence-electron chi connectivity index (χ2n) is 7.31. The van der Waals surface area contributed by atoms with E-state index in [2.05, 4.69) is 26.8 Å². The number of fused-ring (bicyclic) bond motifs is 2. The average Bonchev–Trinajstić information content (AvgIpc) is 3.44. The van der Waals surface area contributed by atoms with E-state index in [0.717, 1.165) is 40.1 Å². The maximum absolute atomic E-state index is 13.5. The van der Waals surface area contributed by atoms with E-state index < -0.39 is 17.6 Å². The number of carbonyl (C=O) groups is 1. The van der Waals surface area contributed by atoms with Gasteiger partial charge < -0.3 is 14.7 Å². The van der Waals surface area contributed by atoms with Crippen LogP contribution in [0.3, 0.4) is 0 Å². The summed E-state index contributed by atoms with van der Waals surface area (Å²) < 4.78 is 45.9. The number of furan rings is 1. The minimum absolute atomic E-state index is 0.00773. The van der Waals surface area contributed by atoms with Gasteiger partial charge in [0.1, 0.15) is 5.65 Å². The highest BCUT2D eigenvalue weighted by Crippen LogP contribution is 2.37. The standard InChI is InChI=1S/C24H15F3N4O2/c1-2-21(32)31-16-8-13(7-15(10-16)24(25,26)27)14-9-19-20(12-30-22(19)29-11-14)17-3-5-28-23-18(17)4-6-33-23/h2-12H,1H2,(H,29,30)(H,31,32). The monoisotopic (exact) mass is 448 g/mol. The van der Waals surface area contributed by atoms with Gasteiger partial charge >= 0.3 is 6.18 Å². The van der Waals surface area contributed by atoms with Crippen molar-refractivity contribution in [3.8, 4) is 22.3 Å². The van der Waals surface area contributed by atoms with Gasteiger partial charge in [0.2, 0.25) is 11.6 Å². The van der Waals surface area contributed by atoms with Crippen LogP contribution in [0, 0.1) is 0 Å². The summed E-state index contributed by atoms with van der Waals surface area (Å²) in [6.45, 7) is 3.33. The number of hydrogen-bond acceptors (Lipinski definition) is 4.